The number of carbonyl (C=O) groups excluding carboxylic acids is 3. The number of hydrogen-bond donors (Lipinski definition) is 0. The SMILES string of the molecule is CC(C)(C)c1ccc(OC[C@H](CN2CCC3(CC2)CSC2=C(O3)c3ccccc3C(=O)C2=O)OC(=O)I)cc1. The maximum atomic E-state index is 12.7. The van der Waals surface area contributed by atoms with E-state index < -0.39 is 23.3 Å². The molecule has 0 saturated carbocycles. The fourth-order valence-corrected chi connectivity index (χ4v) is 6.81. The Bertz CT molecular complexity index is 1310. The maximum absolute atomic E-state index is 12.7. The van der Waals surface area contributed by atoms with Crippen LogP contribution in [0.5, 0.6) is 5.75 Å². The van der Waals surface area contributed by atoms with E-state index in [1.165, 1.54) is 17.3 Å². The van der Waals surface area contributed by atoms with Crippen LogP contribution in [0.15, 0.2) is 53.4 Å². The summed E-state index contributed by atoms with van der Waals surface area (Å²) in [5.41, 5.74) is 2.00. The molecule has 0 N–H and O–H groups in total. The second-order valence-corrected chi connectivity index (χ2v) is 13.2. The minimum atomic E-state index is -0.475. The van der Waals surface area contributed by atoms with Gasteiger partial charge in [-0.1, -0.05) is 57.2 Å². The van der Waals surface area contributed by atoms with Crippen molar-refractivity contribution in [2.75, 3.05) is 32.0 Å². The standard InChI is InChI=1S/C30H32INO6S/c1-29(2,3)19-8-10-20(11-9-19)36-17-21(37-28(31)35)16-32-14-12-30(13-15-32)18-39-27-25(34)24(33)22-6-4-5-7-23(22)26(27)38-30/h4-11,21H,12-18H2,1-3H3/t21-/m0/s1. The number of ether oxygens (including phenoxy) is 3. The molecule has 1 saturated heterocycles. The Kier molecular flexibility index (Phi) is 8.13. The smallest absolute Gasteiger partial charge is 0.367 e. The molecule has 1 aliphatic carbocycles. The van der Waals surface area contributed by atoms with Crippen LogP contribution in [-0.2, 0) is 19.7 Å². The van der Waals surface area contributed by atoms with Gasteiger partial charge in [0.2, 0.25) is 11.6 Å². The second-order valence-electron chi connectivity index (χ2n) is 11.3. The summed E-state index contributed by atoms with van der Waals surface area (Å²) in [6.45, 7) is 8.85. The van der Waals surface area contributed by atoms with Gasteiger partial charge in [-0.25, -0.2) is 4.79 Å². The molecule has 39 heavy (non-hydrogen) atoms. The molecule has 0 bridgehead atoms. The van der Waals surface area contributed by atoms with Crippen molar-refractivity contribution in [3.05, 3.63) is 70.1 Å². The molecule has 1 atom stereocenters. The van der Waals surface area contributed by atoms with Gasteiger partial charge in [-0.15, -0.1) is 11.8 Å². The van der Waals surface area contributed by atoms with Crippen molar-refractivity contribution in [1.82, 2.24) is 4.90 Å². The fraction of sp³-hybridized carbons (Fsp3) is 0.433. The van der Waals surface area contributed by atoms with Crippen molar-refractivity contribution in [3.8, 4) is 5.75 Å². The van der Waals surface area contributed by atoms with Crippen molar-refractivity contribution < 1.29 is 28.6 Å². The Balaban J connectivity index is 1.21. The zero-order valence-electron chi connectivity index (χ0n) is 22.3. The van der Waals surface area contributed by atoms with Crippen LogP contribution in [-0.4, -0.2) is 64.1 Å². The molecule has 7 nitrogen and oxygen atoms in total. The molecule has 2 heterocycles. The fourth-order valence-electron chi connectivity index (χ4n) is 5.18. The number of likely N-dealkylation sites (tertiary alicyclic amines) is 1. The highest BCUT2D eigenvalue weighted by atomic mass is 127. The van der Waals surface area contributed by atoms with E-state index >= 15 is 0 Å². The lowest BCUT2D eigenvalue weighted by Crippen LogP contribution is -2.51. The first kappa shape index (κ1) is 28.2. The number of nitrogens with zero attached hydrogens (tertiary/aromatic N) is 1. The van der Waals surface area contributed by atoms with Crippen molar-refractivity contribution in [1.29, 1.82) is 0 Å². The van der Waals surface area contributed by atoms with E-state index in [4.69, 9.17) is 14.2 Å². The Morgan fingerprint density at radius 2 is 1.72 bits per heavy atom. The topological polar surface area (TPSA) is 82.1 Å². The number of rotatable bonds is 6. The molecule has 1 spiro atoms. The van der Waals surface area contributed by atoms with Gasteiger partial charge in [0, 0.05) is 49.4 Å². The van der Waals surface area contributed by atoms with Crippen molar-refractivity contribution in [2.24, 2.45) is 0 Å². The third-order valence-electron chi connectivity index (χ3n) is 7.48. The van der Waals surface area contributed by atoms with Gasteiger partial charge in [0.25, 0.3) is 0 Å². The number of piperidine rings is 1. The maximum Gasteiger partial charge on any atom is 0.367 e. The number of hydrogen-bond acceptors (Lipinski definition) is 8. The highest BCUT2D eigenvalue weighted by Gasteiger charge is 2.46. The average molecular weight is 662 g/mol. The lowest BCUT2D eigenvalue weighted by atomic mass is 9.87. The Hall–Kier alpha value is -2.37. The molecular formula is C30H32INO6S. The Morgan fingerprint density at radius 3 is 2.36 bits per heavy atom. The molecule has 2 aromatic carbocycles. The summed E-state index contributed by atoms with van der Waals surface area (Å²) in [5.74, 6) is 0.975. The van der Waals surface area contributed by atoms with Crippen LogP contribution in [0, 0.1) is 0 Å². The van der Waals surface area contributed by atoms with Crippen LogP contribution < -0.4 is 4.74 Å². The number of Topliss-reactive ketones (excluding diaryl/α,β-unsaturated/α-hetero) is 2. The van der Waals surface area contributed by atoms with E-state index in [9.17, 15) is 14.4 Å². The molecule has 3 aliphatic rings. The minimum Gasteiger partial charge on any atom is -0.490 e. The summed E-state index contributed by atoms with van der Waals surface area (Å²) in [7, 11) is 0. The normalized spacial score (nSPS) is 19.7. The lowest BCUT2D eigenvalue weighted by molar-refractivity contribution is -0.111. The molecule has 0 amide bonds. The first-order chi connectivity index (χ1) is 18.5. The second kappa shape index (κ2) is 11.2. The van der Waals surface area contributed by atoms with Gasteiger partial charge >= 0.3 is 3.98 Å². The highest BCUT2D eigenvalue weighted by molar-refractivity contribution is 14.1. The van der Waals surface area contributed by atoms with E-state index in [0.29, 0.717) is 34.1 Å². The van der Waals surface area contributed by atoms with Gasteiger partial charge < -0.3 is 14.2 Å². The zero-order chi connectivity index (χ0) is 27.8. The van der Waals surface area contributed by atoms with Crippen molar-refractivity contribution in [3.63, 3.8) is 0 Å². The molecule has 9 heteroatoms. The number of carbonyl (C=O) groups is 3. The Morgan fingerprint density at radius 1 is 1.05 bits per heavy atom. The zero-order valence-corrected chi connectivity index (χ0v) is 25.3. The number of halogens is 1. The number of thioether (sulfide) groups is 1. The summed E-state index contributed by atoms with van der Waals surface area (Å²) >= 11 is 3.09. The molecule has 1 fully saturated rings. The molecule has 2 aliphatic heterocycles. The monoisotopic (exact) mass is 661 g/mol. The predicted octanol–water partition coefficient (Wildman–Crippen LogP) is 6.04. The summed E-state index contributed by atoms with van der Waals surface area (Å²) in [5, 5.41) is 0. The van der Waals surface area contributed by atoms with Gasteiger partial charge in [-0.3, -0.25) is 14.5 Å². The van der Waals surface area contributed by atoms with Crippen LogP contribution in [0.2, 0.25) is 0 Å². The van der Waals surface area contributed by atoms with Crippen LogP contribution >= 0.6 is 34.4 Å². The summed E-state index contributed by atoms with van der Waals surface area (Å²) in [6, 6.07) is 15.2. The van der Waals surface area contributed by atoms with E-state index in [-0.39, 0.29) is 16.0 Å². The third kappa shape index (κ3) is 6.20. The molecule has 206 valence electrons. The van der Waals surface area contributed by atoms with Gasteiger partial charge in [-0.05, 0) is 23.1 Å². The summed E-state index contributed by atoms with van der Waals surface area (Å²) in [6.07, 6.45) is 1.12. The predicted molar refractivity (Wildman–Crippen MR) is 160 cm³/mol. The summed E-state index contributed by atoms with van der Waals surface area (Å²) < 4.78 is 17.8. The molecule has 0 radical (unpaired) electrons. The van der Waals surface area contributed by atoms with E-state index in [2.05, 4.69) is 37.8 Å². The molecule has 0 unspecified atom stereocenters. The lowest BCUT2D eigenvalue weighted by Gasteiger charge is -2.45. The van der Waals surface area contributed by atoms with E-state index in [1.54, 1.807) is 34.7 Å². The number of allylic oxidation sites excluding steroid dienone is 1. The van der Waals surface area contributed by atoms with Crippen molar-refractivity contribution >= 4 is 55.7 Å². The van der Waals surface area contributed by atoms with E-state index in [1.807, 2.05) is 24.3 Å². The third-order valence-corrected chi connectivity index (χ3v) is 9.06. The first-order valence-corrected chi connectivity index (χ1v) is 15.2. The van der Waals surface area contributed by atoms with Gasteiger partial charge in [0.15, 0.2) is 0 Å². The minimum absolute atomic E-state index is 0.0649. The number of ketones is 2. The van der Waals surface area contributed by atoms with E-state index in [0.717, 1.165) is 31.7 Å². The molecule has 0 aromatic heterocycles. The van der Waals surface area contributed by atoms with Gasteiger partial charge in [0.05, 0.1) is 22.6 Å². The molecular weight excluding hydrogens is 629 g/mol. The quantitative estimate of drug-likeness (QED) is 0.211. The molecule has 5 rings (SSSR count). The van der Waals surface area contributed by atoms with Crippen LogP contribution in [0.4, 0.5) is 4.79 Å². The summed E-state index contributed by atoms with van der Waals surface area (Å²) in [4.78, 5) is 39.8. The highest BCUT2D eigenvalue weighted by Crippen LogP contribution is 2.47. The van der Waals surface area contributed by atoms with Crippen LogP contribution in [0.3, 0.4) is 0 Å². The van der Waals surface area contributed by atoms with Crippen LogP contribution in [0.1, 0.15) is 55.1 Å². The molecule has 2 aromatic rings. The Labute approximate surface area is 246 Å². The largest absolute Gasteiger partial charge is 0.490 e. The number of fused-ring (bicyclic) bond motifs is 2. The average Bonchev–Trinajstić information content (AvgIpc) is 2.91. The number of benzene rings is 2. The van der Waals surface area contributed by atoms with Crippen LogP contribution in [0.25, 0.3) is 5.76 Å². The van der Waals surface area contributed by atoms with Gasteiger partial charge in [-0.2, -0.15) is 0 Å². The van der Waals surface area contributed by atoms with Gasteiger partial charge in [0.1, 0.15) is 34.7 Å². The first-order valence-electron chi connectivity index (χ1n) is 13.1. The van der Waals surface area contributed by atoms with Crippen molar-refractivity contribution in [2.45, 2.75) is 50.7 Å².